The highest BCUT2D eigenvalue weighted by Gasteiger charge is 2.16. The highest BCUT2D eigenvalue weighted by Crippen LogP contribution is 2.21. The van der Waals surface area contributed by atoms with Crippen molar-refractivity contribution in [2.45, 2.75) is 6.54 Å². The van der Waals surface area contributed by atoms with Crippen molar-refractivity contribution in [2.75, 3.05) is 12.4 Å². The smallest absolute Gasteiger partial charge is 0.340 e. The summed E-state index contributed by atoms with van der Waals surface area (Å²) in [6, 6.07) is 2.93. The van der Waals surface area contributed by atoms with E-state index in [1.807, 2.05) is 0 Å². The molecule has 0 aliphatic carbocycles. The van der Waals surface area contributed by atoms with Crippen LogP contribution in [0.2, 0.25) is 0 Å². The molecule has 124 valence electrons. The maximum absolute atomic E-state index is 13.8. The number of rotatable bonds is 4. The van der Waals surface area contributed by atoms with Gasteiger partial charge in [0, 0.05) is 23.7 Å². The van der Waals surface area contributed by atoms with Crippen LogP contribution in [0.5, 0.6) is 0 Å². The van der Waals surface area contributed by atoms with Crippen molar-refractivity contribution in [3.05, 3.63) is 63.0 Å². The normalized spacial score (nSPS) is 10.8. The number of carbonyl (C=O) groups is 1. The second-order valence-corrected chi connectivity index (χ2v) is 5.67. The van der Waals surface area contributed by atoms with Gasteiger partial charge in [-0.25, -0.2) is 18.6 Å². The number of esters is 1. The molecule has 0 aliphatic rings. The number of nitrogens with one attached hydrogen (secondary N) is 1. The summed E-state index contributed by atoms with van der Waals surface area (Å²) >= 11 is 1.29. The third kappa shape index (κ3) is 2.98. The lowest BCUT2D eigenvalue weighted by atomic mass is 10.1. The van der Waals surface area contributed by atoms with Crippen LogP contribution in [0.4, 0.5) is 14.5 Å². The minimum absolute atomic E-state index is 0.0345. The fourth-order valence-electron chi connectivity index (χ4n) is 2.12. The van der Waals surface area contributed by atoms with Gasteiger partial charge in [-0.3, -0.25) is 9.20 Å². The molecule has 0 bridgehead atoms. The van der Waals surface area contributed by atoms with Crippen LogP contribution in [-0.2, 0) is 11.3 Å². The molecule has 1 N–H and O–H groups in total. The fraction of sp³-hybridized carbons (Fsp3) is 0.133. The van der Waals surface area contributed by atoms with Crippen molar-refractivity contribution in [1.29, 1.82) is 0 Å². The number of hydrogen-bond donors (Lipinski definition) is 1. The second kappa shape index (κ2) is 6.36. The van der Waals surface area contributed by atoms with E-state index in [4.69, 9.17) is 0 Å². The molecule has 0 unspecified atom stereocenters. The van der Waals surface area contributed by atoms with E-state index in [2.05, 4.69) is 15.0 Å². The monoisotopic (exact) mass is 351 g/mol. The Labute approximate surface area is 138 Å². The molecule has 3 aromatic rings. The molecule has 0 fully saturated rings. The maximum atomic E-state index is 13.8. The predicted molar refractivity (Wildman–Crippen MR) is 84.4 cm³/mol. The lowest BCUT2D eigenvalue weighted by Crippen LogP contribution is -2.15. The molecule has 1 aromatic carbocycles. The van der Waals surface area contributed by atoms with Crippen LogP contribution in [0.3, 0.4) is 0 Å². The van der Waals surface area contributed by atoms with Crippen LogP contribution in [0.1, 0.15) is 16.1 Å². The van der Waals surface area contributed by atoms with Crippen molar-refractivity contribution in [3.8, 4) is 0 Å². The number of fused-ring (bicyclic) bond motifs is 1. The van der Waals surface area contributed by atoms with Gasteiger partial charge in [0.25, 0.3) is 5.56 Å². The highest BCUT2D eigenvalue weighted by molar-refractivity contribution is 7.15. The van der Waals surface area contributed by atoms with Crippen LogP contribution < -0.4 is 10.9 Å². The zero-order valence-electron chi connectivity index (χ0n) is 12.4. The standard InChI is InChI=1S/C15H11F2N3O3S/c1-23-14(22)9-5-12(11(17)6-10(9)16)18-7-8-4-13(21)20-2-3-24-15(20)19-8/h2-6,18H,7H2,1H3. The van der Waals surface area contributed by atoms with Gasteiger partial charge in [-0.1, -0.05) is 0 Å². The van der Waals surface area contributed by atoms with Crippen LogP contribution in [0.25, 0.3) is 4.96 Å². The van der Waals surface area contributed by atoms with E-state index < -0.39 is 17.6 Å². The van der Waals surface area contributed by atoms with E-state index in [0.717, 1.165) is 13.2 Å². The summed E-state index contributed by atoms with van der Waals surface area (Å²) in [4.78, 5) is 28.1. The van der Waals surface area contributed by atoms with Gasteiger partial charge in [0.15, 0.2) is 4.96 Å². The Morgan fingerprint density at radius 2 is 2.12 bits per heavy atom. The molecule has 0 radical (unpaired) electrons. The third-order valence-electron chi connectivity index (χ3n) is 3.28. The van der Waals surface area contributed by atoms with Gasteiger partial charge in [-0.2, -0.15) is 0 Å². The largest absolute Gasteiger partial charge is 0.465 e. The summed E-state index contributed by atoms with van der Waals surface area (Å²) < 4.78 is 33.3. The van der Waals surface area contributed by atoms with Crippen molar-refractivity contribution >= 4 is 28.0 Å². The van der Waals surface area contributed by atoms with E-state index >= 15 is 0 Å². The van der Waals surface area contributed by atoms with Gasteiger partial charge in [0.05, 0.1) is 30.6 Å². The topological polar surface area (TPSA) is 72.7 Å². The second-order valence-electron chi connectivity index (χ2n) is 4.80. The average Bonchev–Trinajstić information content (AvgIpc) is 3.02. The van der Waals surface area contributed by atoms with Crippen LogP contribution in [0, 0.1) is 11.6 Å². The van der Waals surface area contributed by atoms with E-state index in [-0.39, 0.29) is 23.4 Å². The minimum atomic E-state index is -1.01. The van der Waals surface area contributed by atoms with Gasteiger partial charge < -0.3 is 10.1 Å². The molecule has 0 atom stereocenters. The van der Waals surface area contributed by atoms with E-state index in [0.29, 0.717) is 16.7 Å². The van der Waals surface area contributed by atoms with Gasteiger partial charge in [0.1, 0.15) is 11.6 Å². The first-order chi connectivity index (χ1) is 11.5. The summed E-state index contributed by atoms with van der Waals surface area (Å²) in [6.07, 6.45) is 1.61. The predicted octanol–water partition coefficient (Wildman–Crippen LogP) is 2.43. The molecule has 0 spiro atoms. The molecule has 0 saturated heterocycles. The maximum Gasteiger partial charge on any atom is 0.340 e. The number of thiazole rings is 1. The number of nitrogens with zero attached hydrogens (tertiary/aromatic N) is 2. The Morgan fingerprint density at radius 3 is 2.88 bits per heavy atom. The van der Waals surface area contributed by atoms with Gasteiger partial charge in [0.2, 0.25) is 0 Å². The quantitative estimate of drug-likeness (QED) is 0.731. The molecule has 2 aromatic heterocycles. The van der Waals surface area contributed by atoms with Crippen LogP contribution >= 0.6 is 11.3 Å². The molecular formula is C15H11F2N3O3S. The SMILES string of the molecule is COC(=O)c1cc(NCc2cc(=O)n3ccsc3n2)c(F)cc1F. The summed E-state index contributed by atoms with van der Waals surface area (Å²) in [5, 5.41) is 4.43. The summed E-state index contributed by atoms with van der Waals surface area (Å²) in [5.41, 5.74) is -0.341. The Kier molecular flexibility index (Phi) is 4.26. The van der Waals surface area contributed by atoms with E-state index in [1.165, 1.54) is 21.8 Å². The zero-order valence-corrected chi connectivity index (χ0v) is 13.2. The summed E-state index contributed by atoms with van der Waals surface area (Å²) in [7, 11) is 1.10. The number of ether oxygens (including phenoxy) is 1. The fourth-order valence-corrected chi connectivity index (χ4v) is 2.85. The lowest BCUT2D eigenvalue weighted by molar-refractivity contribution is 0.0595. The molecule has 6 nitrogen and oxygen atoms in total. The molecule has 0 amide bonds. The number of carbonyl (C=O) groups excluding carboxylic acids is 1. The first-order valence-electron chi connectivity index (χ1n) is 6.76. The lowest BCUT2D eigenvalue weighted by Gasteiger charge is -2.09. The van der Waals surface area contributed by atoms with Crippen molar-refractivity contribution in [1.82, 2.24) is 9.38 Å². The number of aromatic nitrogens is 2. The van der Waals surface area contributed by atoms with Gasteiger partial charge >= 0.3 is 5.97 Å². The van der Waals surface area contributed by atoms with E-state index in [9.17, 15) is 18.4 Å². The number of anilines is 1. The van der Waals surface area contributed by atoms with Crippen molar-refractivity contribution in [2.24, 2.45) is 0 Å². The highest BCUT2D eigenvalue weighted by atomic mass is 32.1. The Balaban J connectivity index is 1.87. The number of hydrogen-bond acceptors (Lipinski definition) is 6. The average molecular weight is 351 g/mol. The molecule has 24 heavy (non-hydrogen) atoms. The molecule has 9 heteroatoms. The first kappa shape index (κ1) is 16.1. The molecule has 2 heterocycles. The van der Waals surface area contributed by atoms with Crippen molar-refractivity contribution < 1.29 is 18.3 Å². The molecular weight excluding hydrogens is 340 g/mol. The van der Waals surface area contributed by atoms with Crippen molar-refractivity contribution in [3.63, 3.8) is 0 Å². The van der Waals surface area contributed by atoms with E-state index in [1.54, 1.807) is 11.6 Å². The Bertz CT molecular complexity index is 984. The summed E-state index contributed by atoms with van der Waals surface area (Å²) in [6.45, 7) is 0.0345. The van der Waals surface area contributed by atoms with Gasteiger partial charge in [-0.05, 0) is 6.07 Å². The minimum Gasteiger partial charge on any atom is -0.465 e. The molecule has 3 rings (SSSR count). The summed E-state index contributed by atoms with van der Waals surface area (Å²) in [5.74, 6) is -2.79. The molecule has 0 aliphatic heterocycles. The Hall–Kier alpha value is -2.81. The zero-order chi connectivity index (χ0) is 17.3. The van der Waals surface area contributed by atoms with Crippen LogP contribution in [0.15, 0.2) is 34.6 Å². The van der Waals surface area contributed by atoms with Crippen LogP contribution in [-0.4, -0.2) is 22.5 Å². The Morgan fingerprint density at radius 1 is 1.33 bits per heavy atom. The number of methoxy groups -OCH3 is 1. The number of halogens is 2. The third-order valence-corrected chi connectivity index (χ3v) is 4.03. The van der Waals surface area contributed by atoms with Gasteiger partial charge in [-0.15, -0.1) is 11.3 Å². The number of benzene rings is 1. The first-order valence-corrected chi connectivity index (χ1v) is 7.64. The molecule has 0 saturated carbocycles.